The van der Waals surface area contributed by atoms with Crippen molar-refractivity contribution in [2.45, 2.75) is 56.3 Å². The number of nitrogens with one attached hydrogen (secondary N) is 3. The Kier molecular flexibility index (Phi) is 12.4. The van der Waals surface area contributed by atoms with Gasteiger partial charge in [-0.25, -0.2) is 4.79 Å². The van der Waals surface area contributed by atoms with Crippen molar-refractivity contribution in [1.82, 2.24) is 16.0 Å². The zero-order valence-corrected chi connectivity index (χ0v) is 24.3. The smallest absolute Gasteiger partial charge is 0.326 e. The van der Waals surface area contributed by atoms with Crippen LogP contribution < -0.4 is 21.7 Å². The van der Waals surface area contributed by atoms with Gasteiger partial charge in [0.05, 0.1) is 6.04 Å². The summed E-state index contributed by atoms with van der Waals surface area (Å²) in [4.78, 5) is 63.0. The molecule has 3 aromatic rings. The Bertz CT molecular complexity index is 1460. The number of benzene rings is 3. The Morgan fingerprint density at radius 3 is 1.42 bits per heavy atom. The van der Waals surface area contributed by atoms with Crippen LogP contribution in [-0.4, -0.2) is 74.3 Å². The van der Waals surface area contributed by atoms with Gasteiger partial charge in [-0.3, -0.25) is 19.2 Å². The highest BCUT2D eigenvalue weighted by Gasteiger charge is 2.31. The van der Waals surface area contributed by atoms with Crippen molar-refractivity contribution < 1.29 is 44.4 Å². The second kappa shape index (κ2) is 16.4. The topological polar surface area (TPSA) is 228 Å². The molecule has 4 unspecified atom stereocenters. The molecule has 238 valence electrons. The van der Waals surface area contributed by atoms with Crippen LogP contribution in [0.15, 0.2) is 78.9 Å². The molecule has 4 atom stereocenters. The first kappa shape index (κ1) is 34.1. The molecule has 0 spiro atoms. The quantitative estimate of drug-likeness (QED) is 0.113. The number of nitrogens with two attached hydrogens (primary N) is 1. The van der Waals surface area contributed by atoms with E-state index in [2.05, 4.69) is 16.0 Å². The number of phenols is 2. The standard InChI is InChI=1S/C32H36N4O9/c33-24(14-15-28(39)40)29(41)34-25(17-20-6-10-22(37)11-7-20)30(42)35-26(16-19-4-2-1-3-5-19)31(43)36-27(32(44)45)18-21-8-12-23(38)13-9-21/h1-13,24-27,37-38H,14-18,33H2,(H,34,41)(H,35,42)(H,36,43)(H,39,40)(H,44,45). The maximum atomic E-state index is 13.7. The molecule has 0 aliphatic carbocycles. The summed E-state index contributed by atoms with van der Waals surface area (Å²) in [7, 11) is 0. The van der Waals surface area contributed by atoms with Crippen molar-refractivity contribution in [2.75, 3.05) is 0 Å². The summed E-state index contributed by atoms with van der Waals surface area (Å²) in [6.45, 7) is 0. The highest BCUT2D eigenvalue weighted by molar-refractivity contribution is 5.94. The van der Waals surface area contributed by atoms with E-state index in [0.717, 1.165) is 0 Å². The highest BCUT2D eigenvalue weighted by Crippen LogP contribution is 2.14. The molecule has 0 saturated heterocycles. The van der Waals surface area contributed by atoms with E-state index in [1.807, 2.05) is 0 Å². The summed E-state index contributed by atoms with van der Waals surface area (Å²) in [6.07, 6.45) is -0.714. The summed E-state index contributed by atoms with van der Waals surface area (Å²) in [5, 5.41) is 45.6. The number of hydrogen-bond donors (Lipinski definition) is 8. The van der Waals surface area contributed by atoms with E-state index in [0.29, 0.717) is 16.7 Å². The molecule has 13 nitrogen and oxygen atoms in total. The van der Waals surface area contributed by atoms with E-state index in [-0.39, 0.29) is 43.6 Å². The van der Waals surface area contributed by atoms with Crippen LogP contribution >= 0.6 is 0 Å². The molecular formula is C32H36N4O9. The molecule has 13 heteroatoms. The lowest BCUT2D eigenvalue weighted by Gasteiger charge is -2.25. The van der Waals surface area contributed by atoms with Gasteiger partial charge in [0.1, 0.15) is 29.6 Å². The van der Waals surface area contributed by atoms with Crippen LogP contribution in [0.1, 0.15) is 29.5 Å². The van der Waals surface area contributed by atoms with Gasteiger partial charge in [0.15, 0.2) is 0 Å². The van der Waals surface area contributed by atoms with Crippen molar-refractivity contribution in [1.29, 1.82) is 0 Å². The van der Waals surface area contributed by atoms with Gasteiger partial charge in [-0.1, -0.05) is 54.6 Å². The molecular weight excluding hydrogens is 584 g/mol. The second-order valence-corrected chi connectivity index (χ2v) is 10.5. The van der Waals surface area contributed by atoms with E-state index >= 15 is 0 Å². The maximum absolute atomic E-state index is 13.7. The number of amides is 3. The minimum absolute atomic E-state index is 0.00270. The minimum Gasteiger partial charge on any atom is -0.508 e. The predicted octanol–water partition coefficient (Wildman–Crippen LogP) is 0.857. The van der Waals surface area contributed by atoms with Crippen molar-refractivity contribution in [2.24, 2.45) is 5.73 Å². The largest absolute Gasteiger partial charge is 0.508 e. The van der Waals surface area contributed by atoms with Crippen LogP contribution in [0.25, 0.3) is 0 Å². The molecule has 45 heavy (non-hydrogen) atoms. The van der Waals surface area contributed by atoms with Crippen LogP contribution in [0.5, 0.6) is 11.5 Å². The van der Waals surface area contributed by atoms with Crippen LogP contribution in [0, 0.1) is 0 Å². The lowest BCUT2D eigenvalue weighted by Crippen LogP contribution is -2.58. The molecule has 9 N–H and O–H groups in total. The van der Waals surface area contributed by atoms with Gasteiger partial charge >= 0.3 is 11.9 Å². The molecule has 3 aromatic carbocycles. The fourth-order valence-corrected chi connectivity index (χ4v) is 4.44. The number of aromatic hydroxyl groups is 2. The van der Waals surface area contributed by atoms with Gasteiger partial charge in [0.25, 0.3) is 0 Å². The van der Waals surface area contributed by atoms with Crippen LogP contribution in [0.3, 0.4) is 0 Å². The number of carboxylic acid groups (broad SMARTS) is 2. The van der Waals surface area contributed by atoms with Crippen molar-refractivity contribution in [3.05, 3.63) is 95.6 Å². The summed E-state index contributed by atoms with van der Waals surface area (Å²) in [5.74, 6) is -4.81. The molecule has 0 radical (unpaired) electrons. The number of carbonyl (C=O) groups is 5. The first-order valence-corrected chi connectivity index (χ1v) is 14.1. The Labute approximate surface area is 259 Å². The Balaban J connectivity index is 1.84. The summed E-state index contributed by atoms with van der Waals surface area (Å²) < 4.78 is 0. The SMILES string of the molecule is NC(CCC(=O)O)C(=O)NC(Cc1ccc(O)cc1)C(=O)NC(Cc1ccccc1)C(=O)NC(Cc1ccc(O)cc1)C(=O)O. The first-order valence-electron chi connectivity index (χ1n) is 14.1. The molecule has 0 heterocycles. The summed E-state index contributed by atoms with van der Waals surface area (Å²) in [5.41, 5.74) is 7.62. The number of phenolic OH excluding ortho intramolecular Hbond substituents is 2. The Hall–Kier alpha value is -5.43. The van der Waals surface area contributed by atoms with Crippen LogP contribution in [-0.2, 0) is 43.2 Å². The van der Waals surface area contributed by atoms with E-state index < -0.39 is 53.8 Å². The van der Waals surface area contributed by atoms with Crippen LogP contribution in [0.2, 0.25) is 0 Å². The molecule has 3 amide bonds. The van der Waals surface area contributed by atoms with Gasteiger partial charge in [0, 0.05) is 25.7 Å². The first-order chi connectivity index (χ1) is 21.4. The monoisotopic (exact) mass is 620 g/mol. The number of rotatable bonds is 16. The average Bonchev–Trinajstić information content (AvgIpc) is 3.01. The lowest BCUT2D eigenvalue weighted by atomic mass is 10.0. The normalized spacial score (nSPS) is 13.4. The van der Waals surface area contributed by atoms with Crippen LogP contribution in [0.4, 0.5) is 0 Å². The Morgan fingerprint density at radius 2 is 0.978 bits per heavy atom. The van der Waals surface area contributed by atoms with E-state index in [9.17, 15) is 39.3 Å². The van der Waals surface area contributed by atoms with Crippen molar-refractivity contribution in [3.8, 4) is 11.5 Å². The number of carbonyl (C=O) groups excluding carboxylic acids is 3. The van der Waals surface area contributed by atoms with Gasteiger partial charge in [-0.15, -0.1) is 0 Å². The highest BCUT2D eigenvalue weighted by atomic mass is 16.4. The molecule has 0 fully saturated rings. The third kappa shape index (κ3) is 11.3. The predicted molar refractivity (Wildman–Crippen MR) is 162 cm³/mol. The van der Waals surface area contributed by atoms with E-state index in [1.54, 1.807) is 42.5 Å². The second-order valence-electron chi connectivity index (χ2n) is 10.5. The summed E-state index contributed by atoms with van der Waals surface area (Å²) >= 11 is 0. The van der Waals surface area contributed by atoms with Gasteiger partial charge in [-0.05, 0) is 47.4 Å². The molecule has 0 aliphatic rings. The molecule has 0 aliphatic heterocycles. The minimum atomic E-state index is -1.36. The van der Waals surface area contributed by atoms with Gasteiger partial charge in [0.2, 0.25) is 17.7 Å². The zero-order valence-electron chi connectivity index (χ0n) is 24.3. The lowest BCUT2D eigenvalue weighted by molar-refractivity contribution is -0.142. The number of aliphatic carboxylic acids is 2. The Morgan fingerprint density at radius 1 is 0.578 bits per heavy atom. The fourth-order valence-electron chi connectivity index (χ4n) is 4.44. The van der Waals surface area contributed by atoms with Gasteiger partial charge < -0.3 is 42.1 Å². The average molecular weight is 621 g/mol. The molecule has 0 saturated carbocycles. The molecule has 3 rings (SSSR count). The summed E-state index contributed by atoms with van der Waals surface area (Å²) in [6, 6.07) is 15.3. The van der Waals surface area contributed by atoms with Crippen molar-refractivity contribution in [3.63, 3.8) is 0 Å². The number of carboxylic acids is 2. The number of hydrogen-bond acceptors (Lipinski definition) is 8. The van der Waals surface area contributed by atoms with E-state index in [4.69, 9.17) is 10.8 Å². The van der Waals surface area contributed by atoms with Gasteiger partial charge in [-0.2, -0.15) is 0 Å². The molecule has 0 bridgehead atoms. The third-order valence-corrected chi connectivity index (χ3v) is 6.92. The maximum Gasteiger partial charge on any atom is 0.326 e. The third-order valence-electron chi connectivity index (χ3n) is 6.92. The fraction of sp³-hybridized carbons (Fsp3) is 0.281. The zero-order chi connectivity index (χ0) is 32.9. The van der Waals surface area contributed by atoms with E-state index in [1.165, 1.54) is 36.4 Å². The van der Waals surface area contributed by atoms with Crippen molar-refractivity contribution >= 4 is 29.7 Å². The molecule has 0 aromatic heterocycles.